The zero-order valence-electron chi connectivity index (χ0n) is 7.43. The number of aliphatic hydroxyl groups is 4. The number of azide groups is 1. The summed E-state index contributed by atoms with van der Waals surface area (Å²) in [5, 5.41) is 37.6. The number of nitrogens with zero attached hydrogens (tertiary/aromatic N) is 3. The van der Waals surface area contributed by atoms with Gasteiger partial charge in [0, 0.05) is 4.91 Å². The molecule has 0 bridgehead atoms. The van der Waals surface area contributed by atoms with Crippen molar-refractivity contribution in [2.45, 2.75) is 29.6 Å². The van der Waals surface area contributed by atoms with Gasteiger partial charge in [0.1, 0.15) is 12.2 Å². The fourth-order valence-corrected chi connectivity index (χ4v) is 1.55. The van der Waals surface area contributed by atoms with Gasteiger partial charge in [-0.3, -0.25) is 0 Å². The van der Waals surface area contributed by atoms with E-state index in [1.165, 1.54) is 0 Å². The Morgan fingerprint density at radius 3 is 2.60 bits per heavy atom. The molecule has 86 valence electrons. The SMILES string of the molecule is [N-]=[N+]=N[C@H]1[C@@H](O)[C@@H](CO)O[C@](O)(Cl)[C@@H]1O. The van der Waals surface area contributed by atoms with E-state index >= 15 is 0 Å². The first-order valence-corrected chi connectivity index (χ1v) is 4.42. The van der Waals surface area contributed by atoms with Crippen molar-refractivity contribution in [1.29, 1.82) is 0 Å². The predicted molar refractivity (Wildman–Crippen MR) is 47.7 cm³/mol. The first-order valence-electron chi connectivity index (χ1n) is 4.04. The van der Waals surface area contributed by atoms with Crippen molar-refractivity contribution < 1.29 is 25.2 Å². The van der Waals surface area contributed by atoms with Crippen LogP contribution in [0.2, 0.25) is 0 Å². The molecule has 0 spiro atoms. The van der Waals surface area contributed by atoms with E-state index < -0.39 is 36.2 Å². The van der Waals surface area contributed by atoms with Gasteiger partial charge in [-0.25, -0.2) is 0 Å². The summed E-state index contributed by atoms with van der Waals surface area (Å²) in [7, 11) is 0. The number of ether oxygens (including phenoxy) is 1. The molecule has 1 heterocycles. The normalized spacial score (nSPS) is 45.9. The van der Waals surface area contributed by atoms with Gasteiger partial charge in [0.25, 0.3) is 5.25 Å². The fraction of sp³-hybridized carbons (Fsp3) is 1.00. The lowest BCUT2D eigenvalue weighted by atomic mass is 9.97. The summed E-state index contributed by atoms with van der Waals surface area (Å²) in [6, 6.07) is -1.39. The van der Waals surface area contributed by atoms with E-state index in [-0.39, 0.29) is 0 Å². The van der Waals surface area contributed by atoms with Gasteiger partial charge in [-0.05, 0) is 5.53 Å². The molecule has 15 heavy (non-hydrogen) atoms. The van der Waals surface area contributed by atoms with Crippen LogP contribution in [0.15, 0.2) is 5.11 Å². The van der Waals surface area contributed by atoms with Crippen LogP contribution in [0.5, 0.6) is 0 Å². The molecule has 8 nitrogen and oxygen atoms in total. The Kier molecular flexibility index (Phi) is 3.74. The first-order chi connectivity index (χ1) is 6.94. The maximum atomic E-state index is 9.48. The Balaban J connectivity index is 2.96. The van der Waals surface area contributed by atoms with Gasteiger partial charge >= 0.3 is 0 Å². The number of alkyl halides is 1. The highest BCUT2D eigenvalue weighted by molar-refractivity contribution is 6.22. The standard InChI is InChI=1S/C6H10ClN3O5/c7-6(14)5(13)3(9-10-8)4(12)2(1-11)15-6/h2-5,11-14H,1H2/t2-,3+,4+,5-,6+/m1/s1. The van der Waals surface area contributed by atoms with Crippen molar-refractivity contribution in [3.05, 3.63) is 10.4 Å². The van der Waals surface area contributed by atoms with Gasteiger partial charge in [-0.2, -0.15) is 0 Å². The van der Waals surface area contributed by atoms with E-state index in [9.17, 15) is 15.3 Å². The minimum Gasteiger partial charge on any atom is -0.394 e. The van der Waals surface area contributed by atoms with Crippen molar-refractivity contribution in [2.75, 3.05) is 6.61 Å². The van der Waals surface area contributed by atoms with E-state index in [2.05, 4.69) is 14.8 Å². The number of hydrogen-bond acceptors (Lipinski definition) is 6. The zero-order chi connectivity index (χ0) is 11.6. The predicted octanol–water partition coefficient (Wildman–Crippen LogP) is -1.34. The molecule has 0 aliphatic carbocycles. The van der Waals surface area contributed by atoms with Crippen LogP contribution in [0.3, 0.4) is 0 Å². The third-order valence-electron chi connectivity index (χ3n) is 2.10. The molecule has 1 aliphatic rings. The third kappa shape index (κ3) is 2.32. The Labute approximate surface area is 89.3 Å². The quantitative estimate of drug-likeness (QED) is 0.204. The van der Waals surface area contributed by atoms with Crippen molar-refractivity contribution in [3.8, 4) is 0 Å². The summed E-state index contributed by atoms with van der Waals surface area (Å²) in [5.74, 6) is 0. The number of aliphatic hydroxyl groups excluding tert-OH is 3. The van der Waals surface area contributed by atoms with Crippen molar-refractivity contribution >= 4 is 11.6 Å². The van der Waals surface area contributed by atoms with E-state index in [0.29, 0.717) is 0 Å². The van der Waals surface area contributed by atoms with Crippen molar-refractivity contribution in [3.63, 3.8) is 0 Å². The first kappa shape index (κ1) is 12.5. The molecule has 0 aromatic carbocycles. The number of hydrogen-bond donors (Lipinski definition) is 4. The molecule has 9 heteroatoms. The minimum absolute atomic E-state index is 0.639. The minimum atomic E-state index is -2.49. The third-order valence-corrected chi connectivity index (χ3v) is 2.41. The summed E-state index contributed by atoms with van der Waals surface area (Å²) in [6.45, 7) is -0.639. The molecule has 0 saturated carbocycles. The van der Waals surface area contributed by atoms with Gasteiger partial charge < -0.3 is 25.2 Å². The fourth-order valence-electron chi connectivity index (χ4n) is 1.31. The topological polar surface area (TPSA) is 139 Å². The van der Waals surface area contributed by atoms with E-state index in [4.69, 9.17) is 22.2 Å². The lowest BCUT2D eigenvalue weighted by Gasteiger charge is -2.42. The summed E-state index contributed by atoms with van der Waals surface area (Å²) in [5.41, 5.74) is 8.19. The summed E-state index contributed by atoms with van der Waals surface area (Å²) >= 11 is 5.37. The Bertz CT molecular complexity index is 282. The maximum absolute atomic E-state index is 9.48. The van der Waals surface area contributed by atoms with Crippen molar-refractivity contribution in [2.24, 2.45) is 5.11 Å². The Hall–Kier alpha value is -0.600. The van der Waals surface area contributed by atoms with Crippen LogP contribution in [-0.4, -0.2) is 56.6 Å². The molecule has 4 N–H and O–H groups in total. The Morgan fingerprint density at radius 2 is 2.13 bits per heavy atom. The number of halogens is 1. The van der Waals surface area contributed by atoms with E-state index in [1.54, 1.807) is 0 Å². The van der Waals surface area contributed by atoms with Gasteiger partial charge in [-0.1, -0.05) is 16.7 Å². The molecule has 5 atom stereocenters. The average molecular weight is 240 g/mol. The summed E-state index contributed by atoms with van der Waals surface area (Å²) in [6.07, 6.45) is -4.46. The second-order valence-electron chi connectivity index (χ2n) is 3.08. The monoisotopic (exact) mass is 239 g/mol. The molecule has 0 aromatic rings. The lowest BCUT2D eigenvalue weighted by molar-refractivity contribution is -0.284. The molecule has 0 unspecified atom stereocenters. The second-order valence-corrected chi connectivity index (χ2v) is 3.62. The Morgan fingerprint density at radius 1 is 1.53 bits per heavy atom. The summed E-state index contributed by atoms with van der Waals surface area (Å²) in [4.78, 5) is 2.39. The van der Waals surface area contributed by atoms with Crippen LogP contribution in [-0.2, 0) is 4.74 Å². The smallest absolute Gasteiger partial charge is 0.273 e. The van der Waals surface area contributed by atoms with Crippen LogP contribution >= 0.6 is 11.6 Å². The molecule has 1 fully saturated rings. The molecule has 0 aromatic heterocycles. The van der Waals surface area contributed by atoms with Crippen LogP contribution < -0.4 is 0 Å². The highest BCUT2D eigenvalue weighted by Crippen LogP contribution is 2.32. The van der Waals surface area contributed by atoms with Crippen LogP contribution in [0, 0.1) is 0 Å². The van der Waals surface area contributed by atoms with Crippen molar-refractivity contribution in [1.82, 2.24) is 0 Å². The molecular formula is C6H10ClN3O5. The highest BCUT2D eigenvalue weighted by atomic mass is 35.5. The van der Waals surface area contributed by atoms with E-state index in [0.717, 1.165) is 0 Å². The van der Waals surface area contributed by atoms with Crippen LogP contribution in [0.1, 0.15) is 0 Å². The zero-order valence-corrected chi connectivity index (χ0v) is 8.19. The molecule has 0 amide bonds. The summed E-state index contributed by atoms with van der Waals surface area (Å²) < 4.78 is 4.61. The molecule has 0 radical (unpaired) electrons. The molecule has 1 saturated heterocycles. The van der Waals surface area contributed by atoms with Gasteiger partial charge in [0.05, 0.1) is 18.8 Å². The largest absolute Gasteiger partial charge is 0.394 e. The molecule has 1 rings (SSSR count). The molecule has 1 aliphatic heterocycles. The van der Waals surface area contributed by atoms with E-state index in [1.807, 2.05) is 0 Å². The molecular weight excluding hydrogens is 230 g/mol. The average Bonchev–Trinajstić information content (AvgIpc) is 2.19. The second kappa shape index (κ2) is 4.50. The highest BCUT2D eigenvalue weighted by Gasteiger charge is 2.51. The number of rotatable bonds is 2. The lowest BCUT2D eigenvalue weighted by Crippen LogP contribution is -2.62. The van der Waals surface area contributed by atoms with Gasteiger partial charge in [0.15, 0.2) is 0 Å². The maximum Gasteiger partial charge on any atom is 0.273 e. The van der Waals surface area contributed by atoms with Crippen LogP contribution in [0.25, 0.3) is 10.4 Å². The van der Waals surface area contributed by atoms with Gasteiger partial charge in [-0.15, -0.1) is 0 Å². The van der Waals surface area contributed by atoms with Gasteiger partial charge in [0.2, 0.25) is 0 Å². The van der Waals surface area contributed by atoms with Crippen LogP contribution in [0.4, 0.5) is 0 Å².